The molecule has 0 bridgehead atoms. The molecule has 0 amide bonds. The van der Waals surface area contributed by atoms with Crippen LogP contribution in [0.4, 0.5) is 5.69 Å². The SMILES string of the molecule is Clc1cccc(NC2CCOCC2Cl)c1Cl. The number of nitrogens with one attached hydrogen (secondary N) is 1. The first-order chi connectivity index (χ1) is 7.68. The fourth-order valence-electron chi connectivity index (χ4n) is 1.68. The third kappa shape index (κ3) is 2.75. The number of benzene rings is 1. The highest BCUT2D eigenvalue weighted by atomic mass is 35.5. The second-order valence-electron chi connectivity index (χ2n) is 3.73. The molecule has 0 aliphatic carbocycles. The maximum Gasteiger partial charge on any atom is 0.0823 e. The standard InChI is InChI=1S/C11H12Cl3NO/c12-7-2-1-3-10(11(7)14)15-9-4-5-16-6-8(9)13/h1-3,8-9,15H,4-6H2. The fourth-order valence-corrected chi connectivity index (χ4v) is 2.31. The Hall–Kier alpha value is -0.150. The lowest BCUT2D eigenvalue weighted by atomic mass is 10.1. The van der Waals surface area contributed by atoms with Crippen molar-refractivity contribution in [3.63, 3.8) is 0 Å². The third-order valence-corrected chi connectivity index (χ3v) is 3.83. The zero-order valence-electron chi connectivity index (χ0n) is 8.55. The molecule has 1 aliphatic heterocycles. The van der Waals surface area contributed by atoms with Crippen LogP contribution in [-0.4, -0.2) is 24.6 Å². The van der Waals surface area contributed by atoms with Crippen molar-refractivity contribution in [2.45, 2.75) is 17.8 Å². The molecule has 0 spiro atoms. The van der Waals surface area contributed by atoms with E-state index in [1.54, 1.807) is 6.07 Å². The van der Waals surface area contributed by atoms with Gasteiger partial charge in [-0.05, 0) is 18.6 Å². The molecular weight excluding hydrogens is 268 g/mol. The number of ether oxygens (including phenoxy) is 1. The van der Waals surface area contributed by atoms with Gasteiger partial charge in [0.15, 0.2) is 0 Å². The molecule has 1 fully saturated rings. The van der Waals surface area contributed by atoms with Gasteiger partial charge in [0.1, 0.15) is 0 Å². The quantitative estimate of drug-likeness (QED) is 0.832. The molecule has 1 aromatic rings. The minimum Gasteiger partial charge on any atom is -0.380 e. The van der Waals surface area contributed by atoms with E-state index in [9.17, 15) is 0 Å². The molecule has 1 heterocycles. The average Bonchev–Trinajstić information content (AvgIpc) is 2.28. The van der Waals surface area contributed by atoms with Crippen molar-refractivity contribution in [2.24, 2.45) is 0 Å². The van der Waals surface area contributed by atoms with Crippen molar-refractivity contribution >= 4 is 40.5 Å². The van der Waals surface area contributed by atoms with Gasteiger partial charge in [-0.25, -0.2) is 0 Å². The zero-order chi connectivity index (χ0) is 11.5. The Bertz CT molecular complexity index is 372. The van der Waals surface area contributed by atoms with Crippen LogP contribution in [-0.2, 0) is 4.74 Å². The van der Waals surface area contributed by atoms with Crippen molar-refractivity contribution in [3.05, 3.63) is 28.2 Å². The highest BCUT2D eigenvalue weighted by Gasteiger charge is 2.24. The van der Waals surface area contributed by atoms with Crippen LogP contribution < -0.4 is 5.32 Å². The molecule has 0 saturated carbocycles. The van der Waals surface area contributed by atoms with Crippen molar-refractivity contribution in [2.75, 3.05) is 18.5 Å². The minimum atomic E-state index is -0.0381. The van der Waals surface area contributed by atoms with Gasteiger partial charge in [-0.15, -0.1) is 11.6 Å². The number of hydrogen-bond acceptors (Lipinski definition) is 2. The lowest BCUT2D eigenvalue weighted by molar-refractivity contribution is 0.0935. The second-order valence-corrected chi connectivity index (χ2v) is 5.08. The van der Waals surface area contributed by atoms with Crippen LogP contribution in [0.3, 0.4) is 0 Å². The van der Waals surface area contributed by atoms with Crippen molar-refractivity contribution in [1.82, 2.24) is 0 Å². The van der Waals surface area contributed by atoms with Gasteiger partial charge >= 0.3 is 0 Å². The molecule has 88 valence electrons. The molecule has 1 aliphatic rings. The summed E-state index contributed by atoms with van der Waals surface area (Å²) in [6.45, 7) is 1.29. The smallest absolute Gasteiger partial charge is 0.0823 e. The summed E-state index contributed by atoms with van der Waals surface area (Å²) >= 11 is 18.2. The maximum atomic E-state index is 6.16. The first kappa shape index (κ1) is 12.3. The molecule has 0 radical (unpaired) electrons. The number of anilines is 1. The van der Waals surface area contributed by atoms with Crippen LogP contribution in [0.25, 0.3) is 0 Å². The predicted molar refractivity (Wildman–Crippen MR) is 68.9 cm³/mol. The molecule has 5 heteroatoms. The first-order valence-corrected chi connectivity index (χ1v) is 6.30. The zero-order valence-corrected chi connectivity index (χ0v) is 10.8. The monoisotopic (exact) mass is 279 g/mol. The van der Waals surface area contributed by atoms with Crippen LogP contribution in [0.1, 0.15) is 6.42 Å². The van der Waals surface area contributed by atoms with Crippen molar-refractivity contribution < 1.29 is 4.74 Å². The lowest BCUT2D eigenvalue weighted by Crippen LogP contribution is -2.38. The summed E-state index contributed by atoms with van der Waals surface area (Å²) < 4.78 is 5.27. The van der Waals surface area contributed by atoms with E-state index < -0.39 is 0 Å². The van der Waals surface area contributed by atoms with E-state index in [2.05, 4.69) is 5.32 Å². The molecular formula is C11H12Cl3NO. The molecule has 16 heavy (non-hydrogen) atoms. The predicted octanol–water partition coefficient (Wildman–Crippen LogP) is 3.80. The third-order valence-electron chi connectivity index (χ3n) is 2.58. The van der Waals surface area contributed by atoms with E-state index in [1.807, 2.05) is 12.1 Å². The van der Waals surface area contributed by atoms with E-state index in [0.29, 0.717) is 16.7 Å². The molecule has 0 aromatic heterocycles. The van der Waals surface area contributed by atoms with E-state index in [0.717, 1.165) is 18.7 Å². The largest absolute Gasteiger partial charge is 0.380 e. The highest BCUT2D eigenvalue weighted by molar-refractivity contribution is 6.43. The van der Waals surface area contributed by atoms with E-state index >= 15 is 0 Å². The van der Waals surface area contributed by atoms with Gasteiger partial charge in [0.2, 0.25) is 0 Å². The fraction of sp³-hybridized carbons (Fsp3) is 0.455. The number of hydrogen-bond donors (Lipinski definition) is 1. The number of alkyl halides is 1. The van der Waals surface area contributed by atoms with Gasteiger partial charge < -0.3 is 10.1 Å². The Morgan fingerprint density at radius 3 is 2.88 bits per heavy atom. The van der Waals surface area contributed by atoms with Crippen molar-refractivity contribution in [3.8, 4) is 0 Å². The summed E-state index contributed by atoms with van der Waals surface area (Å²) in [7, 11) is 0. The number of halogens is 3. The maximum absolute atomic E-state index is 6.16. The summed E-state index contributed by atoms with van der Waals surface area (Å²) in [6, 6.07) is 5.69. The Morgan fingerprint density at radius 2 is 2.12 bits per heavy atom. The molecule has 1 saturated heterocycles. The van der Waals surface area contributed by atoms with Crippen LogP contribution in [0.2, 0.25) is 10.0 Å². The van der Waals surface area contributed by atoms with Crippen molar-refractivity contribution in [1.29, 1.82) is 0 Å². The van der Waals surface area contributed by atoms with Crippen LogP contribution in [0.15, 0.2) is 18.2 Å². The lowest BCUT2D eigenvalue weighted by Gasteiger charge is -2.29. The Balaban J connectivity index is 2.10. The Morgan fingerprint density at radius 1 is 1.31 bits per heavy atom. The van der Waals surface area contributed by atoms with Gasteiger partial charge in [0.05, 0.1) is 27.7 Å². The van der Waals surface area contributed by atoms with Gasteiger partial charge in [-0.2, -0.15) is 0 Å². The summed E-state index contributed by atoms with van der Waals surface area (Å²) in [5.74, 6) is 0. The Kier molecular flexibility index (Phi) is 4.20. The van der Waals surface area contributed by atoms with E-state index in [4.69, 9.17) is 39.5 Å². The van der Waals surface area contributed by atoms with Gasteiger partial charge in [0, 0.05) is 12.6 Å². The average molecular weight is 281 g/mol. The van der Waals surface area contributed by atoms with E-state index in [1.165, 1.54) is 0 Å². The normalized spacial score (nSPS) is 25.4. The first-order valence-electron chi connectivity index (χ1n) is 5.11. The Labute approximate surface area is 110 Å². The summed E-state index contributed by atoms with van der Waals surface area (Å²) in [5.41, 5.74) is 0.826. The molecule has 2 nitrogen and oxygen atoms in total. The van der Waals surface area contributed by atoms with Gasteiger partial charge in [0.25, 0.3) is 0 Å². The molecule has 1 N–H and O–H groups in total. The van der Waals surface area contributed by atoms with Crippen LogP contribution >= 0.6 is 34.8 Å². The van der Waals surface area contributed by atoms with Gasteiger partial charge in [-0.3, -0.25) is 0 Å². The topological polar surface area (TPSA) is 21.3 Å². The number of rotatable bonds is 2. The van der Waals surface area contributed by atoms with E-state index in [-0.39, 0.29) is 11.4 Å². The minimum absolute atomic E-state index is 0.0381. The highest BCUT2D eigenvalue weighted by Crippen LogP contribution is 2.31. The molecule has 2 atom stereocenters. The summed E-state index contributed by atoms with van der Waals surface area (Å²) in [5, 5.41) is 4.36. The molecule has 2 rings (SSSR count). The van der Waals surface area contributed by atoms with Crippen LogP contribution in [0, 0.1) is 0 Å². The summed E-state index contributed by atoms with van der Waals surface area (Å²) in [4.78, 5) is 0. The second kappa shape index (κ2) is 5.46. The molecule has 2 unspecified atom stereocenters. The molecule has 1 aromatic carbocycles. The van der Waals surface area contributed by atoms with Gasteiger partial charge in [-0.1, -0.05) is 29.3 Å². The van der Waals surface area contributed by atoms with Crippen LogP contribution in [0.5, 0.6) is 0 Å². The summed E-state index contributed by atoms with van der Waals surface area (Å²) in [6.07, 6.45) is 0.872.